The molecule has 1 nitrogen and oxygen atoms in total. The molecule has 9 heavy (non-hydrogen) atoms. The number of hydrogen-bond donors (Lipinski definition) is 1. The summed E-state index contributed by atoms with van der Waals surface area (Å²) in [7, 11) is 0. The molecule has 0 amide bonds. The summed E-state index contributed by atoms with van der Waals surface area (Å²) in [6.45, 7) is 4.93. The molecule has 0 bridgehead atoms. The van der Waals surface area contributed by atoms with Crippen LogP contribution in [0.1, 0.15) is 27.2 Å². The number of aliphatic hydroxyl groups is 1. The van der Waals surface area contributed by atoms with Gasteiger partial charge in [-0.15, -0.1) is 0 Å². The molecule has 0 aromatic carbocycles. The smallest absolute Gasteiger partial charge is 0.131 e. The third-order valence-electron chi connectivity index (χ3n) is 1.16. The Morgan fingerprint density at radius 2 is 2.00 bits per heavy atom. The van der Waals surface area contributed by atoms with E-state index >= 15 is 0 Å². The molecule has 0 radical (unpaired) electrons. The first-order valence-electron chi connectivity index (χ1n) is 3.28. The Kier molecular flexibility index (Phi) is 3.12. The van der Waals surface area contributed by atoms with Gasteiger partial charge in [-0.3, -0.25) is 0 Å². The third-order valence-corrected chi connectivity index (χ3v) is 1.16. The van der Waals surface area contributed by atoms with E-state index in [1.54, 1.807) is 0 Å². The van der Waals surface area contributed by atoms with Crippen molar-refractivity contribution in [2.45, 2.75) is 32.9 Å². The van der Waals surface area contributed by atoms with Crippen LogP contribution in [0.5, 0.6) is 0 Å². The van der Waals surface area contributed by atoms with Crippen molar-refractivity contribution in [2.24, 2.45) is 5.92 Å². The predicted octanol–water partition coefficient (Wildman–Crippen LogP) is 1.75. The molecule has 0 aliphatic heterocycles. The second-order valence-corrected chi connectivity index (χ2v) is 3.17. The molecule has 0 rings (SSSR count). The van der Waals surface area contributed by atoms with Gasteiger partial charge in [0.2, 0.25) is 0 Å². The lowest BCUT2D eigenvalue weighted by atomic mass is 9.97. The van der Waals surface area contributed by atoms with E-state index in [1.165, 1.54) is 6.92 Å². The van der Waals surface area contributed by atoms with Crippen molar-refractivity contribution in [2.75, 3.05) is 6.61 Å². The quantitative estimate of drug-likeness (QED) is 0.623. The average molecular weight is 134 g/mol. The second-order valence-electron chi connectivity index (χ2n) is 3.17. The van der Waals surface area contributed by atoms with E-state index in [4.69, 9.17) is 5.11 Å². The molecular formula is C7H15FO. The molecule has 2 heteroatoms. The lowest BCUT2D eigenvalue weighted by Crippen LogP contribution is -2.24. The summed E-state index contributed by atoms with van der Waals surface area (Å²) in [5.41, 5.74) is -1.38. The van der Waals surface area contributed by atoms with Crippen molar-refractivity contribution >= 4 is 0 Å². The molecule has 0 heterocycles. The van der Waals surface area contributed by atoms with E-state index in [-0.39, 0.29) is 6.61 Å². The van der Waals surface area contributed by atoms with E-state index in [0.717, 1.165) is 0 Å². The Bertz CT molecular complexity index is 79.0. The lowest BCUT2D eigenvalue weighted by Gasteiger charge is -2.18. The first-order valence-corrected chi connectivity index (χ1v) is 3.28. The number of rotatable bonds is 3. The molecule has 0 aromatic heterocycles. The van der Waals surface area contributed by atoms with E-state index in [9.17, 15) is 4.39 Å². The maximum Gasteiger partial charge on any atom is 0.131 e. The highest BCUT2D eigenvalue weighted by Gasteiger charge is 2.22. The summed E-state index contributed by atoms with van der Waals surface area (Å²) in [4.78, 5) is 0. The zero-order chi connectivity index (χ0) is 7.49. The summed E-state index contributed by atoms with van der Waals surface area (Å²) < 4.78 is 12.8. The molecule has 0 aliphatic rings. The van der Waals surface area contributed by atoms with Crippen LogP contribution in [0.3, 0.4) is 0 Å². The van der Waals surface area contributed by atoms with Crippen LogP contribution < -0.4 is 0 Å². The van der Waals surface area contributed by atoms with Crippen LogP contribution in [-0.2, 0) is 0 Å². The van der Waals surface area contributed by atoms with Gasteiger partial charge in [0, 0.05) is 0 Å². The van der Waals surface area contributed by atoms with Crippen molar-refractivity contribution in [3.05, 3.63) is 0 Å². The van der Waals surface area contributed by atoms with Crippen molar-refractivity contribution in [3.8, 4) is 0 Å². The molecule has 1 unspecified atom stereocenters. The minimum atomic E-state index is -1.38. The largest absolute Gasteiger partial charge is 0.393 e. The molecule has 56 valence electrons. The third kappa shape index (κ3) is 4.40. The number of halogens is 1. The zero-order valence-electron chi connectivity index (χ0n) is 6.32. The van der Waals surface area contributed by atoms with Crippen LogP contribution in [0.4, 0.5) is 4.39 Å². The standard InChI is InChI=1S/C7H15FO/c1-6(2)4-7(3,8)5-9/h6,9H,4-5H2,1-3H3. The van der Waals surface area contributed by atoms with Gasteiger partial charge in [0.05, 0.1) is 6.61 Å². The Morgan fingerprint density at radius 3 is 2.11 bits per heavy atom. The van der Waals surface area contributed by atoms with Crippen LogP contribution in [-0.4, -0.2) is 17.4 Å². The monoisotopic (exact) mass is 134 g/mol. The van der Waals surface area contributed by atoms with Gasteiger partial charge in [0.1, 0.15) is 5.67 Å². The van der Waals surface area contributed by atoms with E-state index in [0.29, 0.717) is 12.3 Å². The summed E-state index contributed by atoms with van der Waals surface area (Å²) in [5, 5.41) is 8.47. The number of alkyl halides is 1. The van der Waals surface area contributed by atoms with Gasteiger partial charge in [-0.2, -0.15) is 0 Å². The molecule has 1 atom stereocenters. The van der Waals surface area contributed by atoms with Crippen molar-refractivity contribution < 1.29 is 9.50 Å². The Morgan fingerprint density at radius 1 is 1.56 bits per heavy atom. The fraction of sp³-hybridized carbons (Fsp3) is 1.00. The Balaban J connectivity index is 3.58. The maximum absolute atomic E-state index is 12.8. The van der Waals surface area contributed by atoms with Crippen molar-refractivity contribution in [1.82, 2.24) is 0 Å². The molecule has 0 fully saturated rings. The predicted molar refractivity (Wildman–Crippen MR) is 36.1 cm³/mol. The topological polar surface area (TPSA) is 20.2 Å². The van der Waals surface area contributed by atoms with Crippen LogP contribution in [0.2, 0.25) is 0 Å². The summed E-state index contributed by atoms with van der Waals surface area (Å²) in [5.74, 6) is 0.312. The highest BCUT2D eigenvalue weighted by molar-refractivity contribution is 4.72. The maximum atomic E-state index is 12.8. The molecule has 1 N–H and O–H groups in total. The SMILES string of the molecule is CC(C)CC(C)(F)CO. The summed E-state index contributed by atoms with van der Waals surface area (Å²) in [6.07, 6.45) is 0.434. The normalized spacial score (nSPS) is 18.0. The fourth-order valence-electron chi connectivity index (χ4n) is 0.916. The van der Waals surface area contributed by atoms with Crippen molar-refractivity contribution in [3.63, 3.8) is 0 Å². The number of hydrogen-bond acceptors (Lipinski definition) is 1. The van der Waals surface area contributed by atoms with Crippen LogP contribution in [0.25, 0.3) is 0 Å². The van der Waals surface area contributed by atoms with Gasteiger partial charge in [-0.05, 0) is 19.3 Å². The highest BCUT2D eigenvalue weighted by atomic mass is 19.1. The summed E-state index contributed by atoms with van der Waals surface area (Å²) >= 11 is 0. The molecule has 0 aromatic rings. The Hall–Kier alpha value is -0.110. The fourth-order valence-corrected chi connectivity index (χ4v) is 0.916. The molecule has 0 aliphatic carbocycles. The Labute approximate surface area is 55.9 Å². The van der Waals surface area contributed by atoms with Crippen LogP contribution >= 0.6 is 0 Å². The van der Waals surface area contributed by atoms with Crippen molar-refractivity contribution in [1.29, 1.82) is 0 Å². The second kappa shape index (κ2) is 3.16. The highest BCUT2D eigenvalue weighted by Crippen LogP contribution is 2.19. The lowest BCUT2D eigenvalue weighted by molar-refractivity contribution is 0.0682. The van der Waals surface area contributed by atoms with Gasteiger partial charge in [-0.25, -0.2) is 4.39 Å². The molecule has 0 saturated heterocycles. The first kappa shape index (κ1) is 8.89. The van der Waals surface area contributed by atoms with Crippen LogP contribution in [0, 0.1) is 5.92 Å². The van der Waals surface area contributed by atoms with Gasteiger partial charge in [-0.1, -0.05) is 13.8 Å². The number of aliphatic hydroxyl groups excluding tert-OH is 1. The van der Waals surface area contributed by atoms with E-state index in [2.05, 4.69) is 0 Å². The minimum Gasteiger partial charge on any atom is -0.393 e. The van der Waals surface area contributed by atoms with E-state index in [1.807, 2.05) is 13.8 Å². The summed E-state index contributed by atoms with van der Waals surface area (Å²) in [6, 6.07) is 0. The van der Waals surface area contributed by atoms with Crippen LogP contribution in [0.15, 0.2) is 0 Å². The van der Waals surface area contributed by atoms with Gasteiger partial charge >= 0.3 is 0 Å². The minimum absolute atomic E-state index is 0.312. The van der Waals surface area contributed by atoms with E-state index < -0.39 is 5.67 Å². The van der Waals surface area contributed by atoms with Gasteiger partial charge < -0.3 is 5.11 Å². The zero-order valence-corrected chi connectivity index (χ0v) is 6.32. The van der Waals surface area contributed by atoms with Gasteiger partial charge in [0.15, 0.2) is 0 Å². The molecular weight excluding hydrogens is 119 g/mol. The molecule has 0 saturated carbocycles. The molecule has 0 spiro atoms. The first-order chi connectivity index (χ1) is 3.98. The van der Waals surface area contributed by atoms with Gasteiger partial charge in [0.25, 0.3) is 0 Å². The average Bonchev–Trinajstić information content (AvgIpc) is 1.63.